The molecule has 13 heteroatoms. The summed E-state index contributed by atoms with van der Waals surface area (Å²) in [5.74, 6) is -0.334. The highest BCUT2D eigenvalue weighted by Crippen LogP contribution is 2.38. The number of thioether (sulfide) groups is 1. The Morgan fingerprint density at radius 3 is 2.02 bits per heavy atom. The van der Waals surface area contributed by atoms with Crippen LogP contribution in [0.1, 0.15) is 57.0 Å². The minimum atomic E-state index is -0.712. The van der Waals surface area contributed by atoms with Gasteiger partial charge in [0.25, 0.3) is 0 Å². The van der Waals surface area contributed by atoms with Gasteiger partial charge in [0.15, 0.2) is 28.2 Å². The molecular weight excluding hydrogens is 742 g/mol. The van der Waals surface area contributed by atoms with Crippen LogP contribution in [-0.2, 0) is 10.5 Å². The van der Waals surface area contributed by atoms with E-state index in [9.17, 15) is 9.18 Å². The summed E-state index contributed by atoms with van der Waals surface area (Å²) in [6, 6.07) is 18.8. The standard InChI is InChI=1S/C33H28F3N3O4S.C10H23NO/c1-38(23-10-12-29(41-2)31(15-23)43-4)32-17-37-33(39(32)24-9-11-26(34)30(16-24)42-3)44-19-25-27(35)13-22(14-28(25)36)21-7-5-20(18-40)6-8-21;1-9(2,3)12-8-7-10(4,5)11-6/h5-18H,19H2,1-4H3;11H,7-8H2,1-6H3. The number of aromatic nitrogens is 2. The molecule has 1 N–H and O–H groups in total. The molecule has 0 radical (unpaired) electrons. The summed E-state index contributed by atoms with van der Waals surface area (Å²) >= 11 is 1.12. The Kier molecular flexibility index (Phi) is 15.0. The number of hydrogen-bond donors (Lipinski definition) is 1. The first kappa shape index (κ1) is 43.7. The van der Waals surface area contributed by atoms with E-state index in [-0.39, 0.29) is 28.2 Å². The summed E-state index contributed by atoms with van der Waals surface area (Å²) in [5.41, 5.74) is 2.72. The molecule has 0 aliphatic carbocycles. The fraction of sp³-hybridized carbons (Fsp3) is 0.349. The number of halogens is 3. The largest absolute Gasteiger partial charge is 0.494 e. The number of nitrogens with zero attached hydrogens (tertiary/aromatic N) is 3. The van der Waals surface area contributed by atoms with Crippen molar-refractivity contribution in [1.29, 1.82) is 0 Å². The van der Waals surface area contributed by atoms with E-state index in [4.69, 9.17) is 18.9 Å². The molecule has 4 aromatic carbocycles. The molecule has 5 rings (SSSR count). The molecule has 0 saturated heterocycles. The van der Waals surface area contributed by atoms with E-state index < -0.39 is 17.5 Å². The van der Waals surface area contributed by atoms with Crippen molar-refractivity contribution in [2.24, 2.45) is 0 Å². The molecule has 0 spiro atoms. The fourth-order valence-corrected chi connectivity index (χ4v) is 6.40. The van der Waals surface area contributed by atoms with E-state index in [1.54, 1.807) is 67.4 Å². The van der Waals surface area contributed by atoms with E-state index in [2.05, 4.69) is 44.9 Å². The van der Waals surface area contributed by atoms with E-state index in [1.807, 2.05) is 25.1 Å². The maximum Gasteiger partial charge on any atom is 0.174 e. The number of nitrogens with one attached hydrogen (secondary N) is 1. The van der Waals surface area contributed by atoms with Crippen LogP contribution in [0.3, 0.4) is 0 Å². The van der Waals surface area contributed by atoms with Crippen LogP contribution in [-0.4, -0.2) is 69.0 Å². The first-order chi connectivity index (χ1) is 26.5. The molecule has 0 unspecified atom stereocenters. The van der Waals surface area contributed by atoms with Gasteiger partial charge in [0.1, 0.15) is 23.7 Å². The van der Waals surface area contributed by atoms with Crippen LogP contribution in [0.5, 0.6) is 17.2 Å². The first-order valence-electron chi connectivity index (χ1n) is 17.9. The Balaban J connectivity index is 0.000000501. The van der Waals surface area contributed by atoms with Crippen LogP contribution in [0.4, 0.5) is 24.7 Å². The minimum Gasteiger partial charge on any atom is -0.494 e. The molecule has 1 heterocycles. The van der Waals surface area contributed by atoms with Gasteiger partial charge in [-0.05, 0) is 95.6 Å². The number of ether oxygens (including phenoxy) is 4. The number of benzene rings is 4. The SMILES string of the molecule is CNC(C)(C)CCOC(C)(C)C.COc1cc(-n2c(N(C)c3ccc(OC)c(OC)c3)cnc2SCc2c(F)cc(-c3ccc(C=O)cc3)cc2F)ccc1F. The lowest BCUT2D eigenvalue weighted by molar-refractivity contribution is -0.0110. The summed E-state index contributed by atoms with van der Waals surface area (Å²) in [7, 11) is 8.27. The van der Waals surface area contributed by atoms with Gasteiger partial charge in [0.2, 0.25) is 0 Å². The summed E-state index contributed by atoms with van der Waals surface area (Å²) in [4.78, 5) is 17.4. The molecule has 0 aliphatic heterocycles. The quantitative estimate of drug-likeness (QED) is 0.0823. The number of carbonyl (C=O) groups excluding carboxylic acids is 1. The number of imidazole rings is 1. The maximum atomic E-state index is 15.3. The van der Waals surface area contributed by atoms with Gasteiger partial charge in [-0.1, -0.05) is 36.0 Å². The van der Waals surface area contributed by atoms with Crippen LogP contribution < -0.4 is 24.4 Å². The molecule has 56 heavy (non-hydrogen) atoms. The van der Waals surface area contributed by atoms with Crippen LogP contribution in [0.2, 0.25) is 0 Å². The topological polar surface area (TPSA) is 87.1 Å². The van der Waals surface area contributed by atoms with Crippen molar-refractivity contribution >= 4 is 29.6 Å². The molecule has 5 aromatic rings. The van der Waals surface area contributed by atoms with Gasteiger partial charge < -0.3 is 29.2 Å². The third-order valence-corrected chi connectivity index (χ3v) is 9.99. The molecule has 1 aromatic heterocycles. The second-order valence-corrected chi connectivity index (χ2v) is 15.4. The van der Waals surface area contributed by atoms with Crippen LogP contribution in [0.25, 0.3) is 16.8 Å². The number of carbonyl (C=O) groups is 1. The van der Waals surface area contributed by atoms with Crippen LogP contribution >= 0.6 is 11.8 Å². The summed E-state index contributed by atoms with van der Waals surface area (Å²) < 4.78 is 68.3. The molecule has 300 valence electrons. The number of aldehydes is 1. The predicted molar refractivity (Wildman–Crippen MR) is 218 cm³/mol. The number of methoxy groups -OCH3 is 3. The number of hydrogen-bond acceptors (Lipinski definition) is 9. The lowest BCUT2D eigenvalue weighted by Gasteiger charge is -2.26. The zero-order valence-electron chi connectivity index (χ0n) is 33.6. The molecule has 0 saturated carbocycles. The van der Waals surface area contributed by atoms with Crippen molar-refractivity contribution in [3.8, 4) is 34.1 Å². The average molecular weight is 793 g/mol. The van der Waals surface area contributed by atoms with Crippen molar-refractivity contribution < 1.29 is 36.9 Å². The van der Waals surface area contributed by atoms with Gasteiger partial charge in [0, 0.05) is 53.9 Å². The highest BCUT2D eigenvalue weighted by molar-refractivity contribution is 7.98. The van der Waals surface area contributed by atoms with Crippen molar-refractivity contribution in [2.45, 2.75) is 63.1 Å². The minimum absolute atomic E-state index is 0.0101. The zero-order chi connectivity index (χ0) is 41.2. The van der Waals surface area contributed by atoms with E-state index in [0.29, 0.717) is 51.1 Å². The highest BCUT2D eigenvalue weighted by Gasteiger charge is 2.22. The van der Waals surface area contributed by atoms with Crippen molar-refractivity contribution in [3.05, 3.63) is 108 Å². The van der Waals surface area contributed by atoms with Gasteiger partial charge in [-0.3, -0.25) is 9.36 Å². The second-order valence-electron chi connectivity index (χ2n) is 14.4. The van der Waals surface area contributed by atoms with Crippen molar-refractivity contribution in [3.63, 3.8) is 0 Å². The van der Waals surface area contributed by atoms with E-state index in [0.717, 1.165) is 30.5 Å². The number of anilines is 2. The fourth-order valence-electron chi connectivity index (χ4n) is 5.40. The normalized spacial score (nSPS) is 11.4. The van der Waals surface area contributed by atoms with E-state index in [1.165, 1.54) is 31.4 Å². The molecule has 0 amide bonds. The third-order valence-electron chi connectivity index (χ3n) is 9.01. The Morgan fingerprint density at radius 1 is 0.804 bits per heavy atom. The maximum absolute atomic E-state index is 15.3. The second kappa shape index (κ2) is 19.2. The first-order valence-corrected chi connectivity index (χ1v) is 18.9. The lowest BCUT2D eigenvalue weighted by atomic mass is 10.0. The molecule has 0 atom stereocenters. The van der Waals surface area contributed by atoms with Gasteiger partial charge >= 0.3 is 0 Å². The molecule has 0 aliphatic rings. The van der Waals surface area contributed by atoms with Gasteiger partial charge in [0.05, 0.1) is 38.8 Å². The Bertz CT molecular complexity index is 2060. The smallest absolute Gasteiger partial charge is 0.174 e. The molecule has 0 fully saturated rings. The van der Waals surface area contributed by atoms with Gasteiger partial charge in [-0.2, -0.15) is 0 Å². The van der Waals surface area contributed by atoms with E-state index >= 15 is 8.78 Å². The number of rotatable bonds is 15. The summed E-state index contributed by atoms with van der Waals surface area (Å²) in [6.07, 6.45) is 3.36. The van der Waals surface area contributed by atoms with Crippen molar-refractivity contribution in [1.82, 2.24) is 14.9 Å². The molecule has 9 nitrogen and oxygen atoms in total. The monoisotopic (exact) mass is 792 g/mol. The Morgan fingerprint density at radius 2 is 1.45 bits per heavy atom. The van der Waals surface area contributed by atoms with Crippen LogP contribution in [0.15, 0.2) is 84.1 Å². The summed E-state index contributed by atoms with van der Waals surface area (Å²) in [6.45, 7) is 11.4. The average Bonchev–Trinajstić information content (AvgIpc) is 3.60. The third kappa shape index (κ3) is 11.3. The van der Waals surface area contributed by atoms with Crippen molar-refractivity contribution in [2.75, 3.05) is 46.9 Å². The Labute approximate surface area is 332 Å². The predicted octanol–water partition coefficient (Wildman–Crippen LogP) is 10.0. The highest BCUT2D eigenvalue weighted by atomic mass is 32.2. The Hall–Kier alpha value is -4.98. The van der Waals surface area contributed by atoms with Crippen LogP contribution in [0, 0.1) is 17.5 Å². The molecular formula is C43H51F3N4O5S. The van der Waals surface area contributed by atoms with Gasteiger partial charge in [-0.15, -0.1) is 0 Å². The molecule has 0 bridgehead atoms. The summed E-state index contributed by atoms with van der Waals surface area (Å²) in [5, 5.41) is 3.66. The van der Waals surface area contributed by atoms with Gasteiger partial charge in [-0.25, -0.2) is 18.2 Å². The zero-order valence-corrected chi connectivity index (χ0v) is 34.4. The lowest BCUT2D eigenvalue weighted by Crippen LogP contribution is -2.38.